The molecule has 2 N–H and O–H groups in total. The molecule has 19 heavy (non-hydrogen) atoms. The lowest BCUT2D eigenvalue weighted by molar-refractivity contribution is 0.390. The molecule has 0 unspecified atom stereocenters. The number of benzene rings is 1. The molecule has 0 aromatic heterocycles. The standard InChI is InChI=1S/C14H21NO2S2/c1-16-12-8-14(19-18-9-10-3-4-10)13(17-2)7-11(12)5-6-15/h7-8,10H,3-6,9,15H2,1-2H3. The van der Waals surface area contributed by atoms with E-state index < -0.39 is 0 Å². The molecule has 1 saturated carbocycles. The Morgan fingerprint density at radius 2 is 1.95 bits per heavy atom. The van der Waals surface area contributed by atoms with Crippen LogP contribution in [-0.4, -0.2) is 26.5 Å². The average Bonchev–Trinajstić information content (AvgIpc) is 3.24. The molecule has 0 heterocycles. The van der Waals surface area contributed by atoms with Crippen LogP contribution in [0.5, 0.6) is 11.5 Å². The fourth-order valence-corrected chi connectivity index (χ4v) is 4.48. The molecular formula is C14H21NO2S2. The second-order valence-corrected chi connectivity index (χ2v) is 7.05. The highest BCUT2D eigenvalue weighted by Gasteiger charge is 2.21. The van der Waals surface area contributed by atoms with E-state index in [9.17, 15) is 0 Å². The van der Waals surface area contributed by atoms with Crippen LogP contribution < -0.4 is 15.2 Å². The predicted molar refractivity (Wildman–Crippen MR) is 83.3 cm³/mol. The quantitative estimate of drug-likeness (QED) is 0.746. The van der Waals surface area contributed by atoms with Crippen LogP contribution in [0.2, 0.25) is 0 Å². The van der Waals surface area contributed by atoms with Gasteiger partial charge in [0.1, 0.15) is 11.5 Å². The third kappa shape index (κ3) is 4.23. The van der Waals surface area contributed by atoms with Crippen LogP contribution in [0.3, 0.4) is 0 Å². The van der Waals surface area contributed by atoms with Gasteiger partial charge in [-0.2, -0.15) is 0 Å². The summed E-state index contributed by atoms with van der Waals surface area (Å²) in [6.07, 6.45) is 3.59. The average molecular weight is 299 g/mol. The normalized spacial score (nSPS) is 14.5. The van der Waals surface area contributed by atoms with Crippen molar-refractivity contribution in [1.82, 2.24) is 0 Å². The summed E-state index contributed by atoms with van der Waals surface area (Å²) in [4.78, 5) is 1.13. The van der Waals surface area contributed by atoms with Crippen LogP contribution in [0, 0.1) is 5.92 Å². The van der Waals surface area contributed by atoms with E-state index in [-0.39, 0.29) is 0 Å². The van der Waals surface area contributed by atoms with Gasteiger partial charge in [-0.05, 0) is 49.4 Å². The minimum atomic E-state index is 0.614. The molecule has 0 atom stereocenters. The van der Waals surface area contributed by atoms with E-state index in [0.29, 0.717) is 6.54 Å². The number of rotatable bonds is 8. The van der Waals surface area contributed by atoms with Crippen molar-refractivity contribution >= 4 is 21.6 Å². The molecule has 1 aromatic carbocycles. The van der Waals surface area contributed by atoms with Crippen molar-refractivity contribution in [2.24, 2.45) is 11.7 Å². The first-order valence-electron chi connectivity index (χ1n) is 6.53. The molecule has 1 fully saturated rings. The van der Waals surface area contributed by atoms with Gasteiger partial charge in [-0.15, -0.1) is 0 Å². The zero-order valence-corrected chi connectivity index (χ0v) is 13.1. The maximum absolute atomic E-state index is 5.63. The third-order valence-corrected chi connectivity index (χ3v) is 5.65. The second kappa shape index (κ2) is 7.31. The molecule has 0 spiro atoms. The molecule has 1 aliphatic rings. The SMILES string of the molecule is COc1cc(SSCC2CC2)c(OC)cc1CCN. The zero-order chi connectivity index (χ0) is 13.7. The fourth-order valence-electron chi connectivity index (χ4n) is 1.83. The summed E-state index contributed by atoms with van der Waals surface area (Å²) in [6, 6.07) is 4.11. The van der Waals surface area contributed by atoms with E-state index >= 15 is 0 Å². The minimum absolute atomic E-state index is 0.614. The molecule has 5 heteroatoms. The topological polar surface area (TPSA) is 44.5 Å². The molecule has 0 bridgehead atoms. The Balaban J connectivity index is 2.09. The van der Waals surface area contributed by atoms with Crippen LogP contribution >= 0.6 is 21.6 Å². The van der Waals surface area contributed by atoms with Gasteiger partial charge < -0.3 is 15.2 Å². The Kier molecular flexibility index (Phi) is 5.73. The van der Waals surface area contributed by atoms with Gasteiger partial charge >= 0.3 is 0 Å². The summed E-state index contributed by atoms with van der Waals surface area (Å²) in [5.41, 5.74) is 6.74. The summed E-state index contributed by atoms with van der Waals surface area (Å²) in [5, 5.41) is 0. The molecule has 1 aliphatic carbocycles. The van der Waals surface area contributed by atoms with Gasteiger partial charge in [0.25, 0.3) is 0 Å². The molecular weight excluding hydrogens is 278 g/mol. The van der Waals surface area contributed by atoms with Gasteiger partial charge in [0, 0.05) is 5.75 Å². The van der Waals surface area contributed by atoms with Crippen molar-refractivity contribution < 1.29 is 9.47 Å². The fraction of sp³-hybridized carbons (Fsp3) is 0.571. The van der Waals surface area contributed by atoms with E-state index in [2.05, 4.69) is 6.07 Å². The lowest BCUT2D eigenvalue weighted by atomic mass is 10.1. The largest absolute Gasteiger partial charge is 0.496 e. The minimum Gasteiger partial charge on any atom is -0.496 e. The van der Waals surface area contributed by atoms with Crippen molar-refractivity contribution in [2.45, 2.75) is 24.2 Å². The molecule has 106 valence electrons. The zero-order valence-electron chi connectivity index (χ0n) is 11.5. The Morgan fingerprint density at radius 3 is 2.53 bits per heavy atom. The lowest BCUT2D eigenvalue weighted by Crippen LogP contribution is -2.05. The van der Waals surface area contributed by atoms with Crippen LogP contribution in [0.25, 0.3) is 0 Å². The van der Waals surface area contributed by atoms with Crippen molar-refractivity contribution in [3.8, 4) is 11.5 Å². The van der Waals surface area contributed by atoms with E-state index in [1.165, 1.54) is 18.6 Å². The molecule has 1 aromatic rings. The Labute approximate surface area is 123 Å². The van der Waals surface area contributed by atoms with Crippen molar-refractivity contribution in [2.75, 3.05) is 26.5 Å². The summed E-state index contributed by atoms with van der Waals surface area (Å²) in [6.45, 7) is 0.614. The number of hydrogen-bond donors (Lipinski definition) is 1. The highest BCUT2D eigenvalue weighted by Crippen LogP contribution is 2.44. The van der Waals surface area contributed by atoms with Gasteiger partial charge in [-0.3, -0.25) is 0 Å². The van der Waals surface area contributed by atoms with E-state index in [4.69, 9.17) is 15.2 Å². The predicted octanol–water partition coefficient (Wildman–Crippen LogP) is 3.36. The van der Waals surface area contributed by atoms with Crippen molar-refractivity contribution in [3.63, 3.8) is 0 Å². The van der Waals surface area contributed by atoms with E-state index in [1.54, 1.807) is 25.0 Å². The molecule has 0 amide bonds. The van der Waals surface area contributed by atoms with Crippen LogP contribution in [0.4, 0.5) is 0 Å². The number of ether oxygens (including phenoxy) is 2. The number of methoxy groups -OCH3 is 2. The van der Waals surface area contributed by atoms with Gasteiger partial charge in [-0.25, -0.2) is 0 Å². The molecule has 0 radical (unpaired) electrons. The lowest BCUT2D eigenvalue weighted by Gasteiger charge is -2.14. The maximum Gasteiger partial charge on any atom is 0.133 e. The maximum atomic E-state index is 5.63. The molecule has 3 nitrogen and oxygen atoms in total. The molecule has 0 aliphatic heterocycles. The Hall–Kier alpha value is -0.520. The van der Waals surface area contributed by atoms with Gasteiger partial charge in [0.15, 0.2) is 0 Å². The smallest absolute Gasteiger partial charge is 0.133 e. The molecule has 2 rings (SSSR count). The Bertz CT molecular complexity index is 422. The van der Waals surface area contributed by atoms with Crippen LogP contribution in [0.15, 0.2) is 17.0 Å². The first-order valence-corrected chi connectivity index (χ1v) is 8.84. The van der Waals surface area contributed by atoms with Crippen molar-refractivity contribution in [1.29, 1.82) is 0 Å². The van der Waals surface area contributed by atoms with Crippen LogP contribution in [-0.2, 0) is 6.42 Å². The van der Waals surface area contributed by atoms with Crippen LogP contribution in [0.1, 0.15) is 18.4 Å². The highest BCUT2D eigenvalue weighted by molar-refractivity contribution is 8.76. The first kappa shape index (κ1) is 14.9. The Morgan fingerprint density at radius 1 is 1.21 bits per heavy atom. The number of hydrogen-bond acceptors (Lipinski definition) is 5. The van der Waals surface area contributed by atoms with Gasteiger partial charge in [0.2, 0.25) is 0 Å². The second-order valence-electron chi connectivity index (χ2n) is 4.66. The summed E-state index contributed by atoms with van der Waals surface area (Å²) >= 11 is 0. The monoisotopic (exact) mass is 299 g/mol. The third-order valence-electron chi connectivity index (χ3n) is 3.13. The molecule has 0 saturated heterocycles. The summed E-state index contributed by atoms with van der Waals surface area (Å²) in [7, 11) is 7.09. The van der Waals surface area contributed by atoms with Crippen molar-refractivity contribution in [3.05, 3.63) is 17.7 Å². The number of nitrogens with two attached hydrogens (primary N) is 1. The van der Waals surface area contributed by atoms with E-state index in [1.807, 2.05) is 16.9 Å². The van der Waals surface area contributed by atoms with E-state index in [0.717, 1.165) is 34.3 Å². The van der Waals surface area contributed by atoms with Gasteiger partial charge in [0.05, 0.1) is 19.1 Å². The highest BCUT2D eigenvalue weighted by atomic mass is 33.1. The summed E-state index contributed by atoms with van der Waals surface area (Å²) < 4.78 is 10.9. The summed E-state index contributed by atoms with van der Waals surface area (Å²) in [5.74, 6) is 3.97. The van der Waals surface area contributed by atoms with Gasteiger partial charge in [-0.1, -0.05) is 21.6 Å². The first-order chi connectivity index (χ1) is 9.28.